The van der Waals surface area contributed by atoms with Crippen LogP contribution in [-0.2, 0) is 11.3 Å². The van der Waals surface area contributed by atoms with Crippen LogP contribution in [-0.4, -0.2) is 16.7 Å². The van der Waals surface area contributed by atoms with Crippen LogP contribution in [0.2, 0.25) is 0 Å². The minimum absolute atomic E-state index is 0.132. The van der Waals surface area contributed by atoms with Crippen LogP contribution in [0.25, 0.3) is 0 Å². The molecule has 0 aliphatic rings. The molecule has 0 saturated carbocycles. The third kappa shape index (κ3) is 3.99. The quantitative estimate of drug-likeness (QED) is 0.664. The molecule has 0 fully saturated rings. The highest BCUT2D eigenvalue weighted by molar-refractivity contribution is 4.92. The van der Waals surface area contributed by atoms with Crippen LogP contribution < -0.4 is 0 Å². The molecule has 1 rings (SSSR count). The molecule has 0 spiro atoms. The lowest BCUT2D eigenvalue weighted by Gasteiger charge is -2.00. The fourth-order valence-electron chi connectivity index (χ4n) is 1.24. The van der Waals surface area contributed by atoms with E-state index in [1.54, 1.807) is 0 Å². The Morgan fingerprint density at radius 1 is 1.56 bits per heavy atom. The SMILES string of the molecule is CCCOCc1noc(C(C)CCC#N)n1. The Hall–Kier alpha value is -1.41. The summed E-state index contributed by atoms with van der Waals surface area (Å²) in [5.74, 6) is 1.30. The van der Waals surface area contributed by atoms with Crippen molar-refractivity contribution in [3.05, 3.63) is 11.7 Å². The summed E-state index contributed by atoms with van der Waals surface area (Å²) in [6.07, 6.45) is 2.22. The largest absolute Gasteiger partial charge is 0.373 e. The van der Waals surface area contributed by atoms with E-state index in [0.29, 0.717) is 31.3 Å². The van der Waals surface area contributed by atoms with E-state index in [0.717, 1.165) is 12.8 Å². The maximum atomic E-state index is 8.47. The first-order valence-corrected chi connectivity index (χ1v) is 5.55. The maximum absolute atomic E-state index is 8.47. The van der Waals surface area contributed by atoms with Gasteiger partial charge in [0, 0.05) is 18.9 Å². The Labute approximate surface area is 95.4 Å². The summed E-state index contributed by atoms with van der Waals surface area (Å²) in [6, 6.07) is 2.10. The van der Waals surface area contributed by atoms with Gasteiger partial charge in [0.1, 0.15) is 6.61 Å². The summed E-state index contributed by atoms with van der Waals surface area (Å²) in [5.41, 5.74) is 0. The molecule has 1 heterocycles. The molecule has 0 bridgehead atoms. The van der Waals surface area contributed by atoms with E-state index in [4.69, 9.17) is 14.5 Å². The van der Waals surface area contributed by atoms with Gasteiger partial charge in [0.25, 0.3) is 0 Å². The van der Waals surface area contributed by atoms with Crippen LogP contribution >= 0.6 is 0 Å². The molecular formula is C11H17N3O2. The number of aromatic nitrogens is 2. The molecule has 5 nitrogen and oxygen atoms in total. The Bertz CT molecular complexity index is 343. The number of nitriles is 1. The fourth-order valence-corrected chi connectivity index (χ4v) is 1.24. The molecule has 0 aliphatic carbocycles. The molecule has 1 unspecified atom stereocenters. The monoisotopic (exact) mass is 223 g/mol. The van der Waals surface area contributed by atoms with Gasteiger partial charge in [0.2, 0.25) is 5.89 Å². The molecule has 0 amide bonds. The van der Waals surface area contributed by atoms with Gasteiger partial charge in [-0.3, -0.25) is 0 Å². The van der Waals surface area contributed by atoms with Gasteiger partial charge >= 0.3 is 0 Å². The molecule has 0 saturated heterocycles. The zero-order chi connectivity index (χ0) is 11.8. The minimum atomic E-state index is 0.132. The molecule has 16 heavy (non-hydrogen) atoms. The average Bonchev–Trinajstić information content (AvgIpc) is 2.75. The van der Waals surface area contributed by atoms with E-state index in [9.17, 15) is 0 Å². The van der Waals surface area contributed by atoms with Crippen molar-refractivity contribution in [2.24, 2.45) is 0 Å². The number of hydrogen-bond acceptors (Lipinski definition) is 5. The zero-order valence-corrected chi connectivity index (χ0v) is 9.77. The van der Waals surface area contributed by atoms with E-state index >= 15 is 0 Å². The molecule has 5 heteroatoms. The maximum Gasteiger partial charge on any atom is 0.229 e. The van der Waals surface area contributed by atoms with Gasteiger partial charge in [0.05, 0.1) is 6.07 Å². The molecule has 0 aliphatic heterocycles. The summed E-state index contributed by atoms with van der Waals surface area (Å²) in [6.45, 7) is 5.11. The summed E-state index contributed by atoms with van der Waals surface area (Å²) < 4.78 is 10.4. The van der Waals surface area contributed by atoms with Crippen molar-refractivity contribution in [1.82, 2.24) is 10.1 Å². The normalized spacial score (nSPS) is 12.3. The fraction of sp³-hybridized carbons (Fsp3) is 0.727. The second kappa shape index (κ2) is 6.96. The standard InChI is InChI=1S/C11H17N3O2/c1-3-7-15-8-10-13-11(16-14-10)9(2)5-4-6-12/h9H,3-5,7-8H2,1-2H3. The van der Waals surface area contributed by atoms with E-state index in [1.807, 2.05) is 13.8 Å². The van der Waals surface area contributed by atoms with Crippen molar-refractivity contribution < 1.29 is 9.26 Å². The van der Waals surface area contributed by atoms with Crippen LogP contribution in [0.4, 0.5) is 0 Å². The van der Waals surface area contributed by atoms with Crippen molar-refractivity contribution in [1.29, 1.82) is 5.26 Å². The Morgan fingerprint density at radius 3 is 3.06 bits per heavy atom. The first kappa shape index (κ1) is 12.7. The van der Waals surface area contributed by atoms with Crippen LogP contribution in [0, 0.1) is 11.3 Å². The second-order valence-electron chi connectivity index (χ2n) is 3.70. The molecular weight excluding hydrogens is 206 g/mol. The van der Waals surface area contributed by atoms with Crippen LogP contribution in [0.3, 0.4) is 0 Å². The highest BCUT2D eigenvalue weighted by Crippen LogP contribution is 2.18. The minimum Gasteiger partial charge on any atom is -0.373 e. The Morgan fingerprint density at radius 2 is 2.38 bits per heavy atom. The predicted octanol–water partition coefficient (Wildman–Crippen LogP) is 2.40. The lowest BCUT2D eigenvalue weighted by molar-refractivity contribution is 0.114. The van der Waals surface area contributed by atoms with Crippen molar-refractivity contribution in [2.75, 3.05) is 6.61 Å². The van der Waals surface area contributed by atoms with Crippen LogP contribution in [0.1, 0.15) is 50.7 Å². The van der Waals surface area contributed by atoms with E-state index < -0.39 is 0 Å². The molecule has 0 N–H and O–H groups in total. The van der Waals surface area contributed by atoms with Gasteiger partial charge < -0.3 is 9.26 Å². The van der Waals surface area contributed by atoms with Gasteiger partial charge in [-0.1, -0.05) is 19.0 Å². The summed E-state index contributed by atoms with van der Waals surface area (Å²) in [7, 11) is 0. The average molecular weight is 223 g/mol. The number of rotatable bonds is 7. The zero-order valence-electron chi connectivity index (χ0n) is 9.77. The highest BCUT2D eigenvalue weighted by Gasteiger charge is 2.13. The van der Waals surface area contributed by atoms with E-state index in [1.165, 1.54) is 0 Å². The van der Waals surface area contributed by atoms with Gasteiger partial charge in [-0.15, -0.1) is 0 Å². The second-order valence-corrected chi connectivity index (χ2v) is 3.70. The lowest BCUT2D eigenvalue weighted by atomic mass is 10.1. The van der Waals surface area contributed by atoms with Crippen molar-refractivity contribution in [3.63, 3.8) is 0 Å². The molecule has 88 valence electrons. The van der Waals surface area contributed by atoms with Crippen LogP contribution in [0.5, 0.6) is 0 Å². The van der Waals surface area contributed by atoms with Gasteiger partial charge in [-0.05, 0) is 12.8 Å². The van der Waals surface area contributed by atoms with E-state index in [2.05, 4.69) is 16.2 Å². The van der Waals surface area contributed by atoms with Crippen molar-refractivity contribution >= 4 is 0 Å². The Balaban J connectivity index is 2.41. The predicted molar refractivity (Wildman–Crippen MR) is 57.5 cm³/mol. The molecule has 0 aromatic carbocycles. The number of hydrogen-bond donors (Lipinski definition) is 0. The van der Waals surface area contributed by atoms with Crippen molar-refractivity contribution in [2.45, 2.75) is 45.6 Å². The first-order valence-electron chi connectivity index (χ1n) is 5.55. The lowest BCUT2D eigenvalue weighted by Crippen LogP contribution is -1.97. The van der Waals surface area contributed by atoms with Crippen LogP contribution in [0.15, 0.2) is 4.52 Å². The Kier molecular flexibility index (Phi) is 5.51. The number of nitrogens with zero attached hydrogens (tertiary/aromatic N) is 3. The van der Waals surface area contributed by atoms with Gasteiger partial charge in [-0.2, -0.15) is 10.2 Å². The topological polar surface area (TPSA) is 71.9 Å². The first-order chi connectivity index (χ1) is 7.77. The smallest absolute Gasteiger partial charge is 0.229 e. The third-order valence-electron chi connectivity index (χ3n) is 2.17. The summed E-state index contributed by atoms with van der Waals surface area (Å²) in [4.78, 5) is 4.22. The van der Waals surface area contributed by atoms with Crippen molar-refractivity contribution in [3.8, 4) is 6.07 Å². The molecule has 1 aromatic heterocycles. The third-order valence-corrected chi connectivity index (χ3v) is 2.17. The van der Waals surface area contributed by atoms with Gasteiger partial charge in [-0.25, -0.2) is 0 Å². The molecule has 1 aromatic rings. The summed E-state index contributed by atoms with van der Waals surface area (Å²) in [5, 5.41) is 12.3. The van der Waals surface area contributed by atoms with Gasteiger partial charge in [0.15, 0.2) is 5.82 Å². The molecule has 1 atom stereocenters. The highest BCUT2D eigenvalue weighted by atomic mass is 16.5. The molecule has 0 radical (unpaired) electrons. The number of ether oxygens (including phenoxy) is 1. The van der Waals surface area contributed by atoms with E-state index in [-0.39, 0.29) is 5.92 Å². The summed E-state index contributed by atoms with van der Waals surface area (Å²) >= 11 is 0.